The molecule has 5 heteroatoms. The first-order chi connectivity index (χ1) is 7.08. The van der Waals surface area contributed by atoms with Crippen LogP contribution >= 0.6 is 11.8 Å². The number of rotatable bonds is 5. The second-order valence-corrected chi connectivity index (χ2v) is 5.30. The highest BCUT2D eigenvalue weighted by Crippen LogP contribution is 2.25. The maximum absolute atomic E-state index is 11.0. The molecule has 0 saturated carbocycles. The van der Waals surface area contributed by atoms with Crippen LogP contribution < -0.4 is 5.32 Å². The van der Waals surface area contributed by atoms with Gasteiger partial charge in [0.05, 0.1) is 0 Å². The number of likely N-dealkylation sites (N-methyl/N-ethyl adjacent to an activating group) is 1. The molecule has 2 N–H and O–H groups in total. The normalized spacial score (nSPS) is 22.3. The molecule has 1 saturated heterocycles. The highest BCUT2D eigenvalue weighted by molar-refractivity contribution is 8.00. The molecule has 0 bridgehead atoms. The Bertz CT molecular complexity index is 219. The Labute approximate surface area is 94.8 Å². The number of nitrogens with one attached hydrogen (secondary N) is 1. The van der Waals surface area contributed by atoms with Gasteiger partial charge in [-0.2, -0.15) is 11.8 Å². The highest BCUT2D eigenvalue weighted by Gasteiger charge is 2.32. The molecule has 0 amide bonds. The molecular weight excluding hydrogens is 214 g/mol. The number of carboxylic acid groups (broad SMARTS) is 1. The fourth-order valence-corrected chi connectivity index (χ4v) is 2.73. The fourth-order valence-electron chi connectivity index (χ4n) is 1.37. The quantitative estimate of drug-likeness (QED) is 0.741. The van der Waals surface area contributed by atoms with E-state index in [4.69, 9.17) is 9.84 Å². The van der Waals surface area contributed by atoms with E-state index < -0.39 is 11.5 Å². The lowest BCUT2D eigenvalue weighted by Crippen LogP contribution is -2.50. The molecule has 0 aliphatic carbocycles. The third kappa shape index (κ3) is 3.66. The Hall–Kier alpha value is -0.260. The Morgan fingerprint density at radius 2 is 2.20 bits per heavy atom. The van der Waals surface area contributed by atoms with Crippen LogP contribution in [-0.2, 0) is 9.53 Å². The van der Waals surface area contributed by atoms with Crippen molar-refractivity contribution < 1.29 is 14.6 Å². The van der Waals surface area contributed by atoms with Crippen LogP contribution in [0.15, 0.2) is 0 Å². The van der Waals surface area contributed by atoms with Crippen LogP contribution in [0, 0.1) is 0 Å². The molecule has 1 heterocycles. The predicted octanol–water partition coefficient (Wildman–Crippen LogP) is 0.961. The second-order valence-electron chi connectivity index (χ2n) is 4.01. The summed E-state index contributed by atoms with van der Waals surface area (Å²) in [7, 11) is 1.69. The van der Waals surface area contributed by atoms with Crippen LogP contribution in [-0.4, -0.2) is 47.9 Å². The smallest absolute Gasteiger partial charge is 0.324 e. The number of carbonyl (C=O) groups is 1. The van der Waals surface area contributed by atoms with E-state index in [0.717, 1.165) is 26.1 Å². The van der Waals surface area contributed by atoms with E-state index in [1.807, 2.05) is 0 Å². The summed E-state index contributed by atoms with van der Waals surface area (Å²) in [5, 5.41) is 12.5. The lowest BCUT2D eigenvalue weighted by atomic mass is 10.1. The standard InChI is InChI=1S/C10H19NO3S/c1-10(11-2,9(12)13)7-15-8-3-5-14-6-4-8/h8,11H,3-7H2,1-2H3,(H,12,13). The summed E-state index contributed by atoms with van der Waals surface area (Å²) in [5.41, 5.74) is -0.816. The maximum atomic E-state index is 11.0. The predicted molar refractivity (Wildman–Crippen MR) is 61.4 cm³/mol. The van der Waals surface area contributed by atoms with Crippen molar-refractivity contribution in [3.8, 4) is 0 Å². The van der Waals surface area contributed by atoms with Gasteiger partial charge in [-0.3, -0.25) is 4.79 Å². The number of carboxylic acids is 1. The lowest BCUT2D eigenvalue weighted by molar-refractivity contribution is -0.142. The Morgan fingerprint density at radius 3 is 2.67 bits per heavy atom. The molecule has 88 valence electrons. The zero-order chi connectivity index (χ0) is 11.3. The molecule has 1 unspecified atom stereocenters. The maximum Gasteiger partial charge on any atom is 0.324 e. The summed E-state index contributed by atoms with van der Waals surface area (Å²) in [4.78, 5) is 11.0. The zero-order valence-corrected chi connectivity index (χ0v) is 10.1. The van der Waals surface area contributed by atoms with Gasteiger partial charge >= 0.3 is 5.97 Å². The van der Waals surface area contributed by atoms with E-state index in [1.165, 1.54) is 0 Å². The summed E-state index contributed by atoms with van der Waals surface area (Å²) in [6, 6.07) is 0. The number of ether oxygens (including phenoxy) is 1. The van der Waals surface area contributed by atoms with Crippen LogP contribution in [0.1, 0.15) is 19.8 Å². The number of thioether (sulfide) groups is 1. The van der Waals surface area contributed by atoms with Crippen LogP contribution in [0.4, 0.5) is 0 Å². The minimum atomic E-state index is -0.816. The van der Waals surface area contributed by atoms with Crippen molar-refractivity contribution >= 4 is 17.7 Å². The first kappa shape index (κ1) is 12.8. The first-order valence-corrected chi connectivity index (χ1v) is 6.25. The summed E-state index contributed by atoms with van der Waals surface area (Å²) in [5.74, 6) is -0.187. The van der Waals surface area contributed by atoms with Gasteiger partial charge in [-0.15, -0.1) is 0 Å². The van der Waals surface area contributed by atoms with Gasteiger partial charge in [-0.1, -0.05) is 0 Å². The third-order valence-electron chi connectivity index (χ3n) is 2.80. The van der Waals surface area contributed by atoms with Crippen molar-refractivity contribution in [3.63, 3.8) is 0 Å². The molecule has 0 spiro atoms. The van der Waals surface area contributed by atoms with Crippen molar-refractivity contribution in [2.45, 2.75) is 30.6 Å². The van der Waals surface area contributed by atoms with Crippen LogP contribution in [0.5, 0.6) is 0 Å². The summed E-state index contributed by atoms with van der Waals surface area (Å²) in [6.45, 7) is 3.34. The van der Waals surface area contributed by atoms with Crippen LogP contribution in [0.25, 0.3) is 0 Å². The van der Waals surface area contributed by atoms with Gasteiger partial charge in [0, 0.05) is 24.2 Å². The van der Waals surface area contributed by atoms with Crippen LogP contribution in [0.2, 0.25) is 0 Å². The SMILES string of the molecule is CNC(C)(CSC1CCOCC1)C(=O)O. The molecule has 0 radical (unpaired) electrons. The van der Waals surface area contributed by atoms with Crippen molar-refractivity contribution in [2.75, 3.05) is 26.0 Å². The van der Waals surface area contributed by atoms with Crippen molar-refractivity contribution in [1.29, 1.82) is 0 Å². The van der Waals surface area contributed by atoms with E-state index in [1.54, 1.807) is 25.7 Å². The monoisotopic (exact) mass is 233 g/mol. The van der Waals surface area contributed by atoms with E-state index in [9.17, 15) is 4.79 Å². The van der Waals surface area contributed by atoms with E-state index in [-0.39, 0.29) is 0 Å². The minimum absolute atomic E-state index is 0.547. The molecule has 1 atom stereocenters. The average molecular weight is 233 g/mol. The third-order valence-corrected chi connectivity index (χ3v) is 4.49. The Morgan fingerprint density at radius 1 is 1.60 bits per heavy atom. The molecule has 4 nitrogen and oxygen atoms in total. The van der Waals surface area contributed by atoms with Crippen molar-refractivity contribution in [3.05, 3.63) is 0 Å². The molecule has 15 heavy (non-hydrogen) atoms. The molecule has 0 aromatic heterocycles. The van der Waals surface area contributed by atoms with Crippen molar-refractivity contribution in [1.82, 2.24) is 5.32 Å². The highest BCUT2D eigenvalue weighted by atomic mass is 32.2. The Kier molecular flexibility index (Phi) is 4.89. The molecule has 0 aromatic carbocycles. The van der Waals surface area contributed by atoms with Gasteiger partial charge < -0.3 is 15.2 Å². The van der Waals surface area contributed by atoms with Gasteiger partial charge in [-0.05, 0) is 26.8 Å². The zero-order valence-electron chi connectivity index (χ0n) is 9.28. The number of aliphatic carboxylic acids is 1. The van der Waals surface area contributed by atoms with E-state index in [0.29, 0.717) is 11.0 Å². The van der Waals surface area contributed by atoms with Crippen molar-refractivity contribution in [2.24, 2.45) is 0 Å². The van der Waals surface area contributed by atoms with E-state index >= 15 is 0 Å². The molecule has 1 aliphatic heterocycles. The average Bonchev–Trinajstić information content (AvgIpc) is 2.27. The molecule has 1 rings (SSSR count). The summed E-state index contributed by atoms with van der Waals surface area (Å²) < 4.78 is 5.26. The number of hydrogen-bond acceptors (Lipinski definition) is 4. The fraction of sp³-hybridized carbons (Fsp3) is 0.900. The van der Waals surface area contributed by atoms with E-state index in [2.05, 4.69) is 5.32 Å². The summed E-state index contributed by atoms with van der Waals surface area (Å²) >= 11 is 1.73. The van der Waals surface area contributed by atoms with Crippen LogP contribution in [0.3, 0.4) is 0 Å². The molecule has 1 fully saturated rings. The second kappa shape index (κ2) is 5.72. The Balaban J connectivity index is 2.36. The van der Waals surface area contributed by atoms with Gasteiger partial charge in [0.2, 0.25) is 0 Å². The van der Waals surface area contributed by atoms with Gasteiger partial charge in [0.15, 0.2) is 0 Å². The molecule has 1 aliphatic rings. The topological polar surface area (TPSA) is 58.6 Å². The molecule has 0 aromatic rings. The van der Waals surface area contributed by atoms with Gasteiger partial charge in [-0.25, -0.2) is 0 Å². The van der Waals surface area contributed by atoms with Gasteiger partial charge in [0.1, 0.15) is 5.54 Å². The lowest BCUT2D eigenvalue weighted by Gasteiger charge is -2.28. The minimum Gasteiger partial charge on any atom is -0.480 e. The summed E-state index contributed by atoms with van der Waals surface area (Å²) in [6.07, 6.45) is 2.06. The number of hydrogen-bond donors (Lipinski definition) is 2. The largest absolute Gasteiger partial charge is 0.480 e. The van der Waals surface area contributed by atoms with Gasteiger partial charge in [0.25, 0.3) is 0 Å². The first-order valence-electron chi connectivity index (χ1n) is 5.20. The molecular formula is C10H19NO3S.